The number of rotatable bonds is 5. The van der Waals surface area contributed by atoms with Crippen LogP contribution in [0.25, 0.3) is 0 Å². The van der Waals surface area contributed by atoms with Crippen LogP contribution in [0.5, 0.6) is 0 Å². The molecule has 3 N–H and O–H groups in total. The standard InChI is InChI=1S/C12H13N5O2/c13-12-15-8-6-11(16-12)14-7-5-9-1-3-10(4-2-9)17(18)19/h1-4,6,8H,5,7H2,(H3,13,14,15,16). The molecule has 0 fully saturated rings. The summed E-state index contributed by atoms with van der Waals surface area (Å²) in [6.07, 6.45) is 2.32. The summed E-state index contributed by atoms with van der Waals surface area (Å²) in [7, 11) is 0. The summed E-state index contributed by atoms with van der Waals surface area (Å²) in [4.78, 5) is 17.9. The van der Waals surface area contributed by atoms with Gasteiger partial charge in [-0.3, -0.25) is 10.1 Å². The third-order valence-electron chi connectivity index (χ3n) is 2.54. The quantitative estimate of drug-likeness (QED) is 0.624. The molecule has 0 aliphatic carbocycles. The summed E-state index contributed by atoms with van der Waals surface area (Å²) < 4.78 is 0. The molecule has 7 nitrogen and oxygen atoms in total. The van der Waals surface area contributed by atoms with E-state index in [9.17, 15) is 10.1 Å². The van der Waals surface area contributed by atoms with Crippen LogP contribution >= 0.6 is 0 Å². The van der Waals surface area contributed by atoms with Gasteiger partial charge in [0.15, 0.2) is 0 Å². The Hall–Kier alpha value is -2.70. The number of hydrogen-bond donors (Lipinski definition) is 2. The first-order valence-corrected chi connectivity index (χ1v) is 5.71. The highest BCUT2D eigenvalue weighted by molar-refractivity contribution is 5.38. The van der Waals surface area contributed by atoms with Crippen LogP contribution in [0.1, 0.15) is 5.56 Å². The Morgan fingerprint density at radius 2 is 2.00 bits per heavy atom. The molecular formula is C12H13N5O2. The Balaban J connectivity index is 1.87. The van der Waals surface area contributed by atoms with Gasteiger partial charge in [0.1, 0.15) is 5.82 Å². The molecule has 0 saturated heterocycles. The van der Waals surface area contributed by atoms with Gasteiger partial charge in [0, 0.05) is 24.9 Å². The van der Waals surface area contributed by atoms with Crippen molar-refractivity contribution < 1.29 is 4.92 Å². The zero-order chi connectivity index (χ0) is 13.7. The fraction of sp³-hybridized carbons (Fsp3) is 0.167. The van der Waals surface area contributed by atoms with Crippen molar-refractivity contribution in [2.24, 2.45) is 0 Å². The number of benzene rings is 1. The third kappa shape index (κ3) is 3.63. The number of nitrogens with two attached hydrogens (primary N) is 1. The number of nitro benzene ring substituents is 1. The number of hydrogen-bond acceptors (Lipinski definition) is 6. The van der Waals surface area contributed by atoms with Gasteiger partial charge < -0.3 is 11.1 Å². The fourth-order valence-electron chi connectivity index (χ4n) is 1.59. The van der Waals surface area contributed by atoms with Crippen molar-refractivity contribution in [2.45, 2.75) is 6.42 Å². The number of nitrogens with one attached hydrogen (secondary N) is 1. The molecule has 98 valence electrons. The molecule has 0 amide bonds. The lowest BCUT2D eigenvalue weighted by atomic mass is 10.1. The van der Waals surface area contributed by atoms with Crippen molar-refractivity contribution in [1.82, 2.24) is 9.97 Å². The minimum atomic E-state index is -0.411. The lowest BCUT2D eigenvalue weighted by Crippen LogP contribution is -2.07. The van der Waals surface area contributed by atoms with Gasteiger partial charge in [0.2, 0.25) is 5.95 Å². The monoisotopic (exact) mass is 259 g/mol. The summed E-state index contributed by atoms with van der Waals surface area (Å²) >= 11 is 0. The van der Waals surface area contributed by atoms with Crippen molar-refractivity contribution in [3.8, 4) is 0 Å². The van der Waals surface area contributed by atoms with Crippen LogP contribution in [0.4, 0.5) is 17.5 Å². The van der Waals surface area contributed by atoms with Crippen molar-refractivity contribution in [3.05, 3.63) is 52.2 Å². The molecule has 0 radical (unpaired) electrons. The minimum absolute atomic E-state index is 0.0975. The average molecular weight is 259 g/mol. The number of nitrogen functional groups attached to an aromatic ring is 1. The van der Waals surface area contributed by atoms with Crippen LogP contribution in [-0.2, 0) is 6.42 Å². The normalized spacial score (nSPS) is 10.1. The highest BCUT2D eigenvalue weighted by Crippen LogP contribution is 2.12. The molecule has 19 heavy (non-hydrogen) atoms. The molecule has 0 spiro atoms. The van der Waals surface area contributed by atoms with E-state index >= 15 is 0 Å². The van der Waals surface area contributed by atoms with Gasteiger partial charge in [-0.15, -0.1) is 0 Å². The van der Waals surface area contributed by atoms with E-state index in [-0.39, 0.29) is 11.6 Å². The summed E-state index contributed by atoms with van der Waals surface area (Å²) in [5, 5.41) is 13.6. The molecule has 0 atom stereocenters. The van der Waals surface area contributed by atoms with E-state index in [0.29, 0.717) is 12.4 Å². The van der Waals surface area contributed by atoms with E-state index in [1.165, 1.54) is 12.1 Å². The van der Waals surface area contributed by atoms with Gasteiger partial charge in [0.25, 0.3) is 5.69 Å². The van der Waals surface area contributed by atoms with Crippen LogP contribution in [0.3, 0.4) is 0 Å². The maximum Gasteiger partial charge on any atom is 0.269 e. The molecule has 1 heterocycles. The third-order valence-corrected chi connectivity index (χ3v) is 2.54. The van der Waals surface area contributed by atoms with Gasteiger partial charge in [-0.05, 0) is 18.1 Å². The van der Waals surface area contributed by atoms with E-state index in [0.717, 1.165) is 12.0 Å². The smallest absolute Gasteiger partial charge is 0.269 e. The fourth-order valence-corrected chi connectivity index (χ4v) is 1.59. The molecule has 2 rings (SSSR count). The molecule has 7 heteroatoms. The predicted octanol–water partition coefficient (Wildman–Crippen LogP) is 1.62. The molecule has 2 aromatic rings. The van der Waals surface area contributed by atoms with Crippen LogP contribution in [0, 0.1) is 10.1 Å². The highest BCUT2D eigenvalue weighted by atomic mass is 16.6. The average Bonchev–Trinajstić information content (AvgIpc) is 2.39. The second kappa shape index (κ2) is 5.76. The maximum absolute atomic E-state index is 10.5. The maximum atomic E-state index is 10.5. The first-order valence-electron chi connectivity index (χ1n) is 5.71. The first-order chi connectivity index (χ1) is 9.15. The molecular weight excluding hydrogens is 246 g/mol. The number of anilines is 2. The van der Waals surface area contributed by atoms with E-state index < -0.39 is 4.92 Å². The van der Waals surface area contributed by atoms with Gasteiger partial charge in [0.05, 0.1) is 4.92 Å². The lowest BCUT2D eigenvalue weighted by Gasteiger charge is -2.05. The Labute approximate surface area is 109 Å². The number of non-ortho nitro benzene ring substituents is 1. The Kier molecular flexibility index (Phi) is 3.87. The van der Waals surface area contributed by atoms with Crippen molar-refractivity contribution in [3.63, 3.8) is 0 Å². The van der Waals surface area contributed by atoms with Crippen molar-refractivity contribution in [2.75, 3.05) is 17.6 Å². The number of nitro groups is 1. The van der Waals surface area contributed by atoms with Gasteiger partial charge in [-0.2, -0.15) is 4.98 Å². The Morgan fingerprint density at radius 1 is 1.26 bits per heavy atom. The lowest BCUT2D eigenvalue weighted by molar-refractivity contribution is -0.384. The topological polar surface area (TPSA) is 107 Å². The second-order valence-corrected chi connectivity index (χ2v) is 3.90. The van der Waals surface area contributed by atoms with E-state index in [2.05, 4.69) is 15.3 Å². The molecule has 1 aromatic heterocycles. The van der Waals surface area contributed by atoms with E-state index in [4.69, 9.17) is 5.73 Å². The Bertz CT molecular complexity index is 571. The number of aromatic nitrogens is 2. The summed E-state index contributed by atoms with van der Waals surface area (Å²) in [6.45, 7) is 0.661. The molecule has 0 unspecified atom stereocenters. The SMILES string of the molecule is Nc1nccc(NCCc2ccc([N+](=O)[O-])cc2)n1. The van der Waals surface area contributed by atoms with Crippen molar-refractivity contribution in [1.29, 1.82) is 0 Å². The van der Waals surface area contributed by atoms with Gasteiger partial charge in [-0.25, -0.2) is 4.98 Å². The predicted molar refractivity (Wildman–Crippen MR) is 71.7 cm³/mol. The van der Waals surface area contributed by atoms with Gasteiger partial charge >= 0.3 is 0 Å². The molecule has 0 aliphatic rings. The zero-order valence-electron chi connectivity index (χ0n) is 10.1. The zero-order valence-corrected chi connectivity index (χ0v) is 10.1. The first kappa shape index (κ1) is 12.7. The largest absolute Gasteiger partial charge is 0.370 e. The highest BCUT2D eigenvalue weighted by Gasteiger charge is 2.03. The van der Waals surface area contributed by atoms with Crippen LogP contribution in [-0.4, -0.2) is 21.4 Å². The number of nitrogens with zero attached hydrogens (tertiary/aromatic N) is 3. The second-order valence-electron chi connectivity index (χ2n) is 3.90. The Morgan fingerprint density at radius 3 is 2.63 bits per heavy atom. The van der Waals surface area contributed by atoms with Crippen LogP contribution in [0.2, 0.25) is 0 Å². The minimum Gasteiger partial charge on any atom is -0.370 e. The summed E-state index contributed by atoms with van der Waals surface area (Å²) in [5.41, 5.74) is 6.57. The van der Waals surface area contributed by atoms with Crippen LogP contribution in [0.15, 0.2) is 36.5 Å². The van der Waals surface area contributed by atoms with E-state index in [1.54, 1.807) is 24.4 Å². The van der Waals surface area contributed by atoms with Crippen molar-refractivity contribution >= 4 is 17.5 Å². The summed E-state index contributed by atoms with van der Waals surface area (Å²) in [5.74, 6) is 0.884. The molecule has 0 bridgehead atoms. The van der Waals surface area contributed by atoms with Gasteiger partial charge in [-0.1, -0.05) is 12.1 Å². The molecule has 1 aromatic carbocycles. The molecule has 0 aliphatic heterocycles. The molecule has 0 saturated carbocycles. The summed E-state index contributed by atoms with van der Waals surface area (Å²) in [6, 6.07) is 8.21. The van der Waals surface area contributed by atoms with Crippen LogP contribution < -0.4 is 11.1 Å². The van der Waals surface area contributed by atoms with E-state index in [1.807, 2.05) is 0 Å².